The number of hydrogen-bond donors (Lipinski definition) is 2. The molecule has 1 atom stereocenters. The minimum atomic E-state index is -0.586. The van der Waals surface area contributed by atoms with Crippen LogP contribution >= 0.6 is 23.4 Å². The van der Waals surface area contributed by atoms with Gasteiger partial charge in [-0.3, -0.25) is 9.59 Å². The van der Waals surface area contributed by atoms with Crippen LogP contribution in [0, 0.1) is 5.82 Å². The quantitative estimate of drug-likeness (QED) is 0.616. The molecule has 6 nitrogen and oxygen atoms in total. The van der Waals surface area contributed by atoms with Gasteiger partial charge >= 0.3 is 0 Å². The number of amides is 2. The van der Waals surface area contributed by atoms with Crippen molar-refractivity contribution >= 4 is 51.7 Å². The van der Waals surface area contributed by atoms with E-state index in [1.54, 1.807) is 0 Å². The molecule has 1 aromatic rings. The maximum Gasteiger partial charge on any atom is 0.240 e. The summed E-state index contributed by atoms with van der Waals surface area (Å²) < 4.78 is 13.1. The number of carbonyl (C=O) groups is 2. The second kappa shape index (κ2) is 8.25. The van der Waals surface area contributed by atoms with Crippen molar-refractivity contribution in [2.45, 2.75) is 31.9 Å². The van der Waals surface area contributed by atoms with Crippen LogP contribution in [0.3, 0.4) is 0 Å². The third-order valence-electron chi connectivity index (χ3n) is 3.17. The summed E-state index contributed by atoms with van der Waals surface area (Å²) in [6.07, 6.45) is 0.725. The minimum Gasteiger partial charge on any atom is -0.326 e. The number of nitrogens with one attached hydrogen (secondary N) is 2. The average molecular weight is 371 g/mol. The van der Waals surface area contributed by atoms with E-state index in [4.69, 9.17) is 11.6 Å². The standard InChI is InChI=1S/C15H16ClFN4O2S/c1-3-8(2)20-21-15-19-14(23)12(24-15)7-13(22)18-9-4-5-11(17)10(16)6-9/h4-6,12H,3,7H2,1-2H3,(H,18,22)(H,19,21,23)/t12-/m1/s1. The largest absolute Gasteiger partial charge is 0.326 e. The molecular weight excluding hydrogens is 355 g/mol. The van der Waals surface area contributed by atoms with Crippen LogP contribution in [0.1, 0.15) is 26.7 Å². The fourth-order valence-electron chi connectivity index (χ4n) is 1.74. The second-order valence-electron chi connectivity index (χ2n) is 5.07. The molecule has 1 aliphatic rings. The fourth-order valence-corrected chi connectivity index (χ4v) is 2.84. The zero-order chi connectivity index (χ0) is 17.7. The molecule has 9 heteroatoms. The van der Waals surface area contributed by atoms with Crippen molar-refractivity contribution in [1.29, 1.82) is 0 Å². The first-order chi connectivity index (χ1) is 11.4. The Morgan fingerprint density at radius 1 is 1.50 bits per heavy atom. The van der Waals surface area contributed by atoms with Gasteiger partial charge in [-0.15, -0.1) is 5.10 Å². The number of amidine groups is 1. The molecule has 0 spiro atoms. The Bertz CT molecular complexity index is 723. The first-order valence-corrected chi connectivity index (χ1v) is 8.48. The molecule has 1 aromatic carbocycles. The van der Waals surface area contributed by atoms with E-state index >= 15 is 0 Å². The van der Waals surface area contributed by atoms with Gasteiger partial charge in [0.15, 0.2) is 5.17 Å². The molecule has 0 unspecified atom stereocenters. The first-order valence-electron chi connectivity index (χ1n) is 7.22. The Kier molecular flexibility index (Phi) is 6.33. The maximum atomic E-state index is 13.1. The van der Waals surface area contributed by atoms with Crippen molar-refractivity contribution in [1.82, 2.24) is 5.32 Å². The van der Waals surface area contributed by atoms with Gasteiger partial charge in [-0.05, 0) is 31.5 Å². The van der Waals surface area contributed by atoms with E-state index in [1.807, 2.05) is 13.8 Å². The lowest BCUT2D eigenvalue weighted by atomic mass is 10.2. The van der Waals surface area contributed by atoms with Gasteiger partial charge in [-0.1, -0.05) is 30.3 Å². The number of halogens is 2. The molecule has 0 bridgehead atoms. The van der Waals surface area contributed by atoms with Crippen molar-refractivity contribution in [3.05, 3.63) is 29.0 Å². The molecule has 1 heterocycles. The lowest BCUT2D eigenvalue weighted by molar-refractivity contribution is -0.122. The fraction of sp³-hybridized carbons (Fsp3) is 0.333. The zero-order valence-corrected chi connectivity index (χ0v) is 14.7. The molecule has 1 aliphatic heterocycles. The van der Waals surface area contributed by atoms with Crippen LogP contribution in [0.15, 0.2) is 28.4 Å². The zero-order valence-electron chi connectivity index (χ0n) is 13.1. The van der Waals surface area contributed by atoms with Gasteiger partial charge in [0.2, 0.25) is 11.8 Å². The maximum absolute atomic E-state index is 13.1. The Balaban J connectivity index is 1.94. The summed E-state index contributed by atoms with van der Waals surface area (Å²) in [6, 6.07) is 3.87. The Morgan fingerprint density at radius 3 is 2.92 bits per heavy atom. The molecule has 2 N–H and O–H groups in total. The van der Waals surface area contributed by atoms with Gasteiger partial charge in [0.25, 0.3) is 0 Å². The number of anilines is 1. The van der Waals surface area contributed by atoms with Crippen molar-refractivity contribution in [2.75, 3.05) is 5.32 Å². The smallest absolute Gasteiger partial charge is 0.240 e. The molecule has 0 aliphatic carbocycles. The highest BCUT2D eigenvalue weighted by atomic mass is 35.5. The number of rotatable bonds is 5. The van der Waals surface area contributed by atoms with E-state index in [0.717, 1.165) is 30.0 Å². The van der Waals surface area contributed by atoms with Gasteiger partial charge < -0.3 is 10.6 Å². The molecule has 1 fully saturated rings. The summed E-state index contributed by atoms with van der Waals surface area (Å²) in [5.41, 5.74) is 1.21. The molecule has 24 heavy (non-hydrogen) atoms. The number of hydrogen-bond acceptors (Lipinski definition) is 5. The van der Waals surface area contributed by atoms with Crippen LogP contribution in [0.4, 0.5) is 10.1 Å². The molecule has 1 saturated heterocycles. The number of carbonyl (C=O) groups excluding carboxylic acids is 2. The van der Waals surface area contributed by atoms with E-state index in [2.05, 4.69) is 20.8 Å². The molecule has 128 valence electrons. The summed E-state index contributed by atoms with van der Waals surface area (Å²) in [5.74, 6) is -1.24. The molecular formula is C15H16ClFN4O2S. The van der Waals surface area contributed by atoms with Gasteiger partial charge in [-0.25, -0.2) is 4.39 Å². The second-order valence-corrected chi connectivity index (χ2v) is 6.67. The van der Waals surface area contributed by atoms with Crippen molar-refractivity contribution in [3.63, 3.8) is 0 Å². The first kappa shape index (κ1) is 18.4. The number of benzene rings is 1. The van der Waals surface area contributed by atoms with Crippen LogP contribution in [0.5, 0.6) is 0 Å². The average Bonchev–Trinajstić information content (AvgIpc) is 2.88. The Hall–Kier alpha value is -1.93. The Labute approximate surface area is 147 Å². The molecule has 2 rings (SSSR count). The van der Waals surface area contributed by atoms with Crippen LogP contribution < -0.4 is 10.6 Å². The lowest BCUT2D eigenvalue weighted by Gasteiger charge is -2.08. The highest BCUT2D eigenvalue weighted by Gasteiger charge is 2.32. The van der Waals surface area contributed by atoms with Gasteiger partial charge in [-0.2, -0.15) is 5.10 Å². The molecule has 2 amide bonds. The van der Waals surface area contributed by atoms with E-state index in [1.165, 1.54) is 12.1 Å². The van der Waals surface area contributed by atoms with Gasteiger partial charge in [0.05, 0.1) is 5.02 Å². The van der Waals surface area contributed by atoms with Crippen LogP contribution in [0.2, 0.25) is 5.02 Å². The molecule has 0 aromatic heterocycles. The Morgan fingerprint density at radius 2 is 2.25 bits per heavy atom. The third-order valence-corrected chi connectivity index (χ3v) is 4.54. The SMILES string of the molecule is CCC(C)=NN=C1NC(=O)[C@@H](CC(=O)Nc2ccc(F)c(Cl)c2)S1. The third kappa shape index (κ3) is 5.04. The van der Waals surface area contributed by atoms with E-state index < -0.39 is 11.1 Å². The van der Waals surface area contributed by atoms with Gasteiger partial charge in [0.1, 0.15) is 11.1 Å². The van der Waals surface area contributed by atoms with E-state index in [-0.39, 0.29) is 23.3 Å². The summed E-state index contributed by atoms with van der Waals surface area (Å²) in [4.78, 5) is 23.9. The van der Waals surface area contributed by atoms with E-state index in [9.17, 15) is 14.0 Å². The van der Waals surface area contributed by atoms with Crippen molar-refractivity contribution < 1.29 is 14.0 Å². The summed E-state index contributed by atoms with van der Waals surface area (Å²) in [5, 5.41) is 12.8. The normalized spacial score (nSPS) is 19.5. The van der Waals surface area contributed by atoms with Crippen LogP contribution in [-0.2, 0) is 9.59 Å². The predicted molar refractivity (Wildman–Crippen MR) is 95.0 cm³/mol. The lowest BCUT2D eigenvalue weighted by Crippen LogP contribution is -2.28. The van der Waals surface area contributed by atoms with Crippen LogP contribution in [0.25, 0.3) is 0 Å². The monoisotopic (exact) mass is 370 g/mol. The van der Waals surface area contributed by atoms with Crippen molar-refractivity contribution in [2.24, 2.45) is 10.2 Å². The summed E-state index contributed by atoms with van der Waals surface area (Å²) >= 11 is 6.81. The van der Waals surface area contributed by atoms with E-state index in [0.29, 0.717) is 10.9 Å². The topological polar surface area (TPSA) is 82.9 Å². The number of thioether (sulfide) groups is 1. The summed E-state index contributed by atoms with van der Waals surface area (Å²) in [7, 11) is 0. The number of nitrogens with zero attached hydrogens (tertiary/aromatic N) is 2. The van der Waals surface area contributed by atoms with Crippen LogP contribution in [-0.4, -0.2) is 27.9 Å². The highest BCUT2D eigenvalue weighted by molar-refractivity contribution is 8.15. The summed E-state index contributed by atoms with van der Waals surface area (Å²) in [6.45, 7) is 3.79. The molecule has 0 saturated carbocycles. The minimum absolute atomic E-state index is 0.0407. The van der Waals surface area contributed by atoms with Gasteiger partial charge in [0, 0.05) is 17.8 Å². The van der Waals surface area contributed by atoms with Crippen molar-refractivity contribution in [3.8, 4) is 0 Å². The molecule has 0 radical (unpaired) electrons. The highest BCUT2D eigenvalue weighted by Crippen LogP contribution is 2.24. The predicted octanol–water partition coefficient (Wildman–Crippen LogP) is 3.18.